The molecule has 8 heteroatoms. The van der Waals surface area contributed by atoms with Crippen molar-refractivity contribution >= 4 is 46.8 Å². The molecular weight excluding hydrogens is 451 g/mol. The molecule has 0 saturated carbocycles. The van der Waals surface area contributed by atoms with Gasteiger partial charge in [0.1, 0.15) is 23.1 Å². The molecule has 0 aliphatic carbocycles. The van der Waals surface area contributed by atoms with E-state index >= 15 is 0 Å². The number of nitrogens with zero attached hydrogens (tertiary/aromatic N) is 4. The lowest BCUT2D eigenvalue weighted by atomic mass is 10.1. The van der Waals surface area contributed by atoms with E-state index < -0.39 is 0 Å². The number of benzene rings is 2. The molecule has 0 aliphatic heterocycles. The number of ether oxygens (including phenoxy) is 1. The third-order valence-electron chi connectivity index (χ3n) is 4.85. The zero-order valence-corrected chi connectivity index (χ0v) is 20.2. The predicted molar refractivity (Wildman–Crippen MR) is 129 cm³/mol. The van der Waals surface area contributed by atoms with E-state index in [1.54, 1.807) is 18.2 Å². The summed E-state index contributed by atoms with van der Waals surface area (Å²) in [5, 5.41) is 11.1. The normalized spacial score (nSPS) is 11.2. The second kappa shape index (κ2) is 9.69. The Bertz CT molecular complexity index is 1180. The maximum atomic E-state index is 9.75. The zero-order valence-electron chi connectivity index (χ0n) is 17.9. The van der Waals surface area contributed by atoms with Gasteiger partial charge in [0.05, 0.1) is 17.0 Å². The molecule has 0 bridgehead atoms. The molecule has 5 nitrogen and oxygen atoms in total. The van der Waals surface area contributed by atoms with Gasteiger partial charge in [0, 0.05) is 35.2 Å². The summed E-state index contributed by atoms with van der Waals surface area (Å²) in [6.45, 7) is 8.14. The van der Waals surface area contributed by atoms with Crippen molar-refractivity contribution in [2.75, 3.05) is 7.05 Å². The molecule has 0 aliphatic rings. The predicted octanol–water partition coefficient (Wildman–Crippen LogP) is 7.40. The SMILES string of the molecule is Cc1cc(Oc2snc(-c3ccc(Cl)cc3Cl)c2C#N)c(C)cc1/N=C\N(C)C(C)C. The van der Waals surface area contributed by atoms with E-state index in [1.165, 1.54) is 0 Å². The lowest BCUT2D eigenvalue weighted by Crippen LogP contribution is -2.24. The van der Waals surface area contributed by atoms with Crippen LogP contribution in [0.5, 0.6) is 10.8 Å². The highest BCUT2D eigenvalue weighted by atomic mass is 35.5. The first-order chi connectivity index (χ1) is 14.7. The molecule has 0 saturated heterocycles. The first-order valence-corrected chi connectivity index (χ1v) is 11.1. The minimum absolute atomic E-state index is 0.340. The van der Waals surface area contributed by atoms with Crippen LogP contribution in [0.2, 0.25) is 10.0 Å². The number of aliphatic imine (C=N–C) groups is 1. The van der Waals surface area contributed by atoms with Crippen LogP contribution >= 0.6 is 34.7 Å². The van der Waals surface area contributed by atoms with Crippen molar-refractivity contribution in [1.29, 1.82) is 5.26 Å². The number of aryl methyl sites for hydroxylation is 2. The van der Waals surface area contributed by atoms with E-state index in [0.717, 1.165) is 28.3 Å². The second-order valence-corrected chi connectivity index (χ2v) is 9.02. The Kier molecular flexibility index (Phi) is 7.22. The van der Waals surface area contributed by atoms with Gasteiger partial charge >= 0.3 is 0 Å². The minimum Gasteiger partial charge on any atom is -0.443 e. The van der Waals surface area contributed by atoms with Crippen LogP contribution < -0.4 is 4.74 Å². The number of halogens is 2. The van der Waals surface area contributed by atoms with E-state index in [2.05, 4.69) is 29.3 Å². The highest BCUT2D eigenvalue weighted by Crippen LogP contribution is 2.41. The summed E-state index contributed by atoms with van der Waals surface area (Å²) in [4.78, 5) is 6.63. The third kappa shape index (κ3) is 5.19. The number of hydrogen-bond acceptors (Lipinski definition) is 5. The first-order valence-electron chi connectivity index (χ1n) is 9.61. The molecular formula is C23H22Cl2N4OS. The Morgan fingerprint density at radius 1 is 1.19 bits per heavy atom. The Hall–Kier alpha value is -2.59. The van der Waals surface area contributed by atoms with Crippen molar-refractivity contribution in [3.05, 3.63) is 57.1 Å². The van der Waals surface area contributed by atoms with Crippen LogP contribution in [0, 0.1) is 25.2 Å². The molecule has 31 heavy (non-hydrogen) atoms. The standard InChI is InChI=1S/C23H22Cl2N4OS/c1-13(2)29(5)12-27-20-8-15(4)21(9-14(20)3)30-23-18(11-26)22(28-31-23)17-7-6-16(24)10-19(17)25/h6-10,12-13H,1-5H3/b27-12-. The summed E-state index contributed by atoms with van der Waals surface area (Å²) in [6.07, 6.45) is 1.83. The van der Waals surface area contributed by atoms with Crippen molar-refractivity contribution in [3.8, 4) is 28.1 Å². The van der Waals surface area contributed by atoms with Gasteiger partial charge in [0.15, 0.2) is 0 Å². The average molecular weight is 473 g/mol. The summed E-state index contributed by atoms with van der Waals surface area (Å²) in [6, 6.07) is 11.6. The van der Waals surface area contributed by atoms with E-state index in [-0.39, 0.29) is 0 Å². The van der Waals surface area contributed by atoms with Crippen molar-refractivity contribution in [1.82, 2.24) is 9.27 Å². The molecule has 160 valence electrons. The monoisotopic (exact) mass is 472 g/mol. The molecule has 0 spiro atoms. The molecule has 0 amide bonds. The van der Waals surface area contributed by atoms with Crippen LogP contribution in [-0.2, 0) is 0 Å². The highest BCUT2D eigenvalue weighted by Gasteiger charge is 2.20. The van der Waals surface area contributed by atoms with Crippen LogP contribution in [0.3, 0.4) is 0 Å². The highest BCUT2D eigenvalue weighted by molar-refractivity contribution is 7.08. The zero-order chi connectivity index (χ0) is 22.7. The fraction of sp³-hybridized carbons (Fsp3) is 0.261. The summed E-state index contributed by atoms with van der Waals surface area (Å²) in [5.41, 5.74) is 4.21. The van der Waals surface area contributed by atoms with Crippen LogP contribution in [0.1, 0.15) is 30.5 Å². The lowest BCUT2D eigenvalue weighted by molar-refractivity contribution is 0.429. The van der Waals surface area contributed by atoms with Gasteiger partial charge in [0.2, 0.25) is 5.06 Å². The van der Waals surface area contributed by atoms with E-state index in [9.17, 15) is 5.26 Å². The van der Waals surface area contributed by atoms with Crippen molar-refractivity contribution in [3.63, 3.8) is 0 Å². The molecule has 0 radical (unpaired) electrons. The molecule has 0 N–H and O–H groups in total. The fourth-order valence-corrected chi connectivity index (χ4v) is 3.94. The Morgan fingerprint density at radius 3 is 2.58 bits per heavy atom. The van der Waals surface area contributed by atoms with Gasteiger partial charge in [-0.05, 0) is 69.2 Å². The van der Waals surface area contributed by atoms with Gasteiger partial charge in [-0.3, -0.25) is 0 Å². The molecule has 0 atom stereocenters. The first kappa shape index (κ1) is 23.1. The largest absolute Gasteiger partial charge is 0.443 e. The van der Waals surface area contributed by atoms with Crippen LogP contribution in [0.15, 0.2) is 35.3 Å². The van der Waals surface area contributed by atoms with Crippen LogP contribution in [-0.4, -0.2) is 28.7 Å². The minimum atomic E-state index is 0.340. The van der Waals surface area contributed by atoms with Gasteiger partial charge in [-0.25, -0.2) is 4.99 Å². The van der Waals surface area contributed by atoms with Gasteiger partial charge < -0.3 is 9.64 Å². The summed E-state index contributed by atoms with van der Waals surface area (Å²) in [5.74, 6) is 0.655. The Balaban J connectivity index is 1.92. The number of hydrogen-bond donors (Lipinski definition) is 0. The quantitative estimate of drug-likeness (QED) is 0.277. The third-order valence-corrected chi connectivity index (χ3v) is 6.12. The van der Waals surface area contributed by atoms with Gasteiger partial charge in [-0.1, -0.05) is 23.2 Å². The Morgan fingerprint density at radius 2 is 1.94 bits per heavy atom. The van der Waals surface area contributed by atoms with Gasteiger partial charge in [-0.2, -0.15) is 9.64 Å². The van der Waals surface area contributed by atoms with E-state index in [1.807, 2.05) is 44.3 Å². The summed E-state index contributed by atoms with van der Waals surface area (Å²) in [7, 11) is 1.99. The number of rotatable bonds is 6. The van der Waals surface area contributed by atoms with Crippen LogP contribution in [0.25, 0.3) is 11.3 Å². The summed E-state index contributed by atoms with van der Waals surface area (Å²) < 4.78 is 10.5. The number of nitriles is 1. The lowest BCUT2D eigenvalue weighted by Gasteiger charge is -2.17. The molecule has 0 unspecified atom stereocenters. The molecule has 0 fully saturated rings. The maximum absolute atomic E-state index is 9.75. The van der Waals surface area contributed by atoms with Crippen molar-refractivity contribution in [2.24, 2.45) is 4.99 Å². The van der Waals surface area contributed by atoms with E-state index in [4.69, 9.17) is 27.9 Å². The Labute approximate surface area is 196 Å². The molecule has 1 heterocycles. The van der Waals surface area contributed by atoms with Gasteiger partial charge in [-0.15, -0.1) is 0 Å². The van der Waals surface area contributed by atoms with Gasteiger partial charge in [0.25, 0.3) is 0 Å². The molecule has 1 aromatic heterocycles. The maximum Gasteiger partial charge on any atom is 0.218 e. The second-order valence-electron chi connectivity index (χ2n) is 7.44. The molecule has 2 aromatic carbocycles. The van der Waals surface area contributed by atoms with Crippen molar-refractivity contribution < 1.29 is 4.74 Å². The summed E-state index contributed by atoms with van der Waals surface area (Å²) >= 11 is 13.4. The van der Waals surface area contributed by atoms with Crippen LogP contribution in [0.4, 0.5) is 5.69 Å². The topological polar surface area (TPSA) is 61.5 Å². The molecule has 3 rings (SSSR count). The number of aromatic nitrogens is 1. The van der Waals surface area contributed by atoms with E-state index in [0.29, 0.717) is 43.7 Å². The van der Waals surface area contributed by atoms with Crippen molar-refractivity contribution in [2.45, 2.75) is 33.7 Å². The smallest absolute Gasteiger partial charge is 0.218 e. The fourth-order valence-electron chi connectivity index (χ4n) is 2.72. The molecule has 3 aromatic rings. The average Bonchev–Trinajstić information content (AvgIpc) is 3.11.